The van der Waals surface area contributed by atoms with Gasteiger partial charge >= 0.3 is 12.0 Å². The molecule has 0 aromatic rings. The second-order valence-electron chi connectivity index (χ2n) is 12.5. The minimum atomic E-state index is -1.83. The fraction of sp³-hybridized carbons (Fsp3) is 0.871. The van der Waals surface area contributed by atoms with Crippen LogP contribution in [0.25, 0.3) is 0 Å². The standard InChI is InChI=1S/C31H56N2O15/c1-8-30(6,25-23(38)20(35)17(34)13-45-25)47-19-15-46-26(24(39)21(19)36)31(9-2,10-3)48-18(14-43-7)22(37)27(40)33-29(42)32-11-12-44-28(41)16(4)5/h17-27,34-40H,4,8-15H2,1-3,5-7H3,(H2,32,33,42). The number of nitrogens with one attached hydrogen (secondary N) is 2. The Hall–Kier alpha value is -2.00. The monoisotopic (exact) mass is 696 g/mol. The summed E-state index contributed by atoms with van der Waals surface area (Å²) in [6.45, 7) is 10.9. The number of hydrogen-bond acceptors (Lipinski definition) is 15. The molecule has 0 radical (unpaired) electrons. The Morgan fingerprint density at radius 1 is 0.938 bits per heavy atom. The third-order valence-corrected chi connectivity index (χ3v) is 9.09. The summed E-state index contributed by atoms with van der Waals surface area (Å²) < 4.78 is 34.3. The lowest BCUT2D eigenvalue weighted by Crippen LogP contribution is -2.67. The first-order valence-electron chi connectivity index (χ1n) is 16.2. The second kappa shape index (κ2) is 18.8. The summed E-state index contributed by atoms with van der Waals surface area (Å²) in [6, 6.07) is -0.863. The molecule has 280 valence electrons. The molecule has 2 aliphatic rings. The van der Waals surface area contributed by atoms with Crippen LogP contribution in [0.1, 0.15) is 53.9 Å². The SMILES string of the molecule is C=C(C)C(=O)OCCNC(=O)NC(O)C(O)C(COC)OC(CC)(CC)C1OCC(OC(C)(CC)C2OCC(O)C(O)C2O)C(O)C1O. The van der Waals surface area contributed by atoms with E-state index in [1.807, 2.05) is 0 Å². The first kappa shape index (κ1) is 42.2. The van der Waals surface area contributed by atoms with Crippen molar-refractivity contribution < 1.29 is 73.8 Å². The number of aliphatic hydroxyl groups is 7. The number of urea groups is 1. The van der Waals surface area contributed by atoms with Gasteiger partial charge in [0.25, 0.3) is 0 Å². The summed E-state index contributed by atoms with van der Waals surface area (Å²) in [5, 5.41) is 79.5. The van der Waals surface area contributed by atoms with E-state index in [1.165, 1.54) is 14.0 Å². The van der Waals surface area contributed by atoms with Crippen LogP contribution in [0.15, 0.2) is 12.2 Å². The molecule has 0 aliphatic carbocycles. The van der Waals surface area contributed by atoms with Crippen LogP contribution in [0.5, 0.6) is 0 Å². The van der Waals surface area contributed by atoms with Crippen molar-refractivity contribution in [2.75, 3.05) is 40.1 Å². The van der Waals surface area contributed by atoms with Crippen LogP contribution in [0, 0.1) is 0 Å². The summed E-state index contributed by atoms with van der Waals surface area (Å²) >= 11 is 0. The Labute approximate surface area is 281 Å². The number of methoxy groups -OCH3 is 1. The Balaban J connectivity index is 2.12. The predicted octanol–water partition coefficient (Wildman–Crippen LogP) is -2.17. The van der Waals surface area contributed by atoms with Crippen molar-refractivity contribution in [3.8, 4) is 0 Å². The highest BCUT2D eigenvalue weighted by molar-refractivity contribution is 5.86. The zero-order valence-corrected chi connectivity index (χ0v) is 28.6. The third kappa shape index (κ3) is 10.3. The van der Waals surface area contributed by atoms with E-state index in [-0.39, 0.29) is 57.8 Å². The van der Waals surface area contributed by atoms with Crippen LogP contribution in [0.3, 0.4) is 0 Å². The molecule has 2 rings (SSSR count). The van der Waals surface area contributed by atoms with E-state index in [1.54, 1.807) is 27.7 Å². The molecule has 0 bridgehead atoms. The maximum Gasteiger partial charge on any atom is 0.333 e. The first-order valence-corrected chi connectivity index (χ1v) is 16.2. The molecule has 0 aromatic carbocycles. The number of ether oxygens (including phenoxy) is 6. The first-order chi connectivity index (χ1) is 22.5. The average Bonchev–Trinajstić information content (AvgIpc) is 3.05. The molecular formula is C31H56N2O15. The molecule has 12 unspecified atom stereocenters. The Kier molecular flexibility index (Phi) is 16.6. The molecule has 2 aliphatic heterocycles. The summed E-state index contributed by atoms with van der Waals surface area (Å²) in [5.41, 5.74) is -2.40. The zero-order valence-electron chi connectivity index (χ0n) is 28.6. The smallest absolute Gasteiger partial charge is 0.333 e. The van der Waals surface area contributed by atoms with Gasteiger partial charge in [-0.05, 0) is 33.1 Å². The van der Waals surface area contributed by atoms with Gasteiger partial charge in [0.05, 0.1) is 37.6 Å². The third-order valence-electron chi connectivity index (χ3n) is 9.09. The fourth-order valence-corrected chi connectivity index (χ4v) is 5.86. The van der Waals surface area contributed by atoms with E-state index in [2.05, 4.69) is 17.2 Å². The minimum Gasteiger partial charge on any atom is -0.460 e. The number of carbonyl (C=O) groups excluding carboxylic acids is 2. The van der Waals surface area contributed by atoms with E-state index in [9.17, 15) is 45.3 Å². The largest absolute Gasteiger partial charge is 0.460 e. The number of amides is 2. The molecule has 12 atom stereocenters. The summed E-state index contributed by atoms with van der Waals surface area (Å²) in [6.07, 6.45) is -14.7. The Morgan fingerprint density at radius 3 is 2.10 bits per heavy atom. The fourth-order valence-electron chi connectivity index (χ4n) is 5.86. The molecule has 48 heavy (non-hydrogen) atoms. The molecular weight excluding hydrogens is 640 g/mol. The van der Waals surface area contributed by atoms with E-state index in [0.29, 0.717) is 0 Å². The quantitative estimate of drug-likeness (QED) is 0.0320. The number of carbonyl (C=O) groups is 2. The molecule has 0 saturated carbocycles. The Morgan fingerprint density at radius 2 is 1.54 bits per heavy atom. The molecule has 2 saturated heterocycles. The van der Waals surface area contributed by atoms with E-state index >= 15 is 0 Å². The minimum absolute atomic E-state index is 0.0822. The summed E-state index contributed by atoms with van der Waals surface area (Å²) in [5.74, 6) is -0.624. The van der Waals surface area contributed by atoms with Gasteiger partial charge in [-0.25, -0.2) is 9.59 Å². The molecule has 2 fully saturated rings. The lowest BCUT2D eigenvalue weighted by Gasteiger charge is -2.51. The van der Waals surface area contributed by atoms with Crippen molar-refractivity contribution in [2.24, 2.45) is 0 Å². The lowest BCUT2D eigenvalue weighted by atomic mass is 9.81. The van der Waals surface area contributed by atoms with Crippen molar-refractivity contribution in [2.45, 2.75) is 132 Å². The highest BCUT2D eigenvalue weighted by Crippen LogP contribution is 2.38. The van der Waals surface area contributed by atoms with Crippen molar-refractivity contribution in [1.29, 1.82) is 0 Å². The van der Waals surface area contributed by atoms with Gasteiger partial charge in [-0.3, -0.25) is 0 Å². The average molecular weight is 697 g/mol. The molecule has 2 heterocycles. The number of hydrogen-bond donors (Lipinski definition) is 9. The highest BCUT2D eigenvalue weighted by Gasteiger charge is 2.54. The van der Waals surface area contributed by atoms with Crippen LogP contribution in [0.4, 0.5) is 4.79 Å². The van der Waals surface area contributed by atoms with E-state index in [0.717, 1.165) is 0 Å². The van der Waals surface area contributed by atoms with Crippen LogP contribution in [0.2, 0.25) is 0 Å². The zero-order chi connectivity index (χ0) is 36.4. The molecule has 17 nitrogen and oxygen atoms in total. The topological polar surface area (TPSA) is 255 Å². The summed E-state index contributed by atoms with van der Waals surface area (Å²) in [4.78, 5) is 23.7. The predicted molar refractivity (Wildman–Crippen MR) is 167 cm³/mol. The lowest BCUT2D eigenvalue weighted by molar-refractivity contribution is -0.305. The normalized spacial score (nSPS) is 31.2. The maximum absolute atomic E-state index is 12.3. The van der Waals surface area contributed by atoms with Crippen LogP contribution >= 0.6 is 0 Å². The van der Waals surface area contributed by atoms with Crippen LogP contribution in [-0.2, 0) is 33.2 Å². The molecule has 9 N–H and O–H groups in total. The van der Waals surface area contributed by atoms with Gasteiger partial charge in [0.15, 0.2) is 6.23 Å². The van der Waals surface area contributed by atoms with Gasteiger partial charge in [-0.2, -0.15) is 0 Å². The number of esters is 1. The maximum atomic E-state index is 12.3. The van der Waals surface area contributed by atoms with Gasteiger partial charge in [0, 0.05) is 12.7 Å². The molecule has 0 aromatic heterocycles. The highest BCUT2D eigenvalue weighted by atomic mass is 16.6. The molecule has 0 spiro atoms. The molecule has 2 amide bonds. The Bertz CT molecular complexity index is 1030. The van der Waals surface area contributed by atoms with Gasteiger partial charge in [-0.1, -0.05) is 27.4 Å². The van der Waals surface area contributed by atoms with Crippen molar-refractivity contribution in [3.63, 3.8) is 0 Å². The summed E-state index contributed by atoms with van der Waals surface area (Å²) in [7, 11) is 1.34. The van der Waals surface area contributed by atoms with Gasteiger partial charge in [0.1, 0.15) is 67.6 Å². The van der Waals surface area contributed by atoms with E-state index in [4.69, 9.17) is 28.4 Å². The van der Waals surface area contributed by atoms with Crippen LogP contribution < -0.4 is 10.6 Å². The number of aliphatic hydroxyl groups excluding tert-OH is 7. The second-order valence-corrected chi connectivity index (χ2v) is 12.5. The van der Waals surface area contributed by atoms with Crippen molar-refractivity contribution in [1.82, 2.24) is 10.6 Å². The van der Waals surface area contributed by atoms with Gasteiger partial charge < -0.3 is 74.8 Å². The number of rotatable bonds is 18. The van der Waals surface area contributed by atoms with Gasteiger partial charge in [-0.15, -0.1) is 0 Å². The molecule has 17 heteroatoms. The van der Waals surface area contributed by atoms with Gasteiger partial charge in [0.2, 0.25) is 0 Å². The van der Waals surface area contributed by atoms with Crippen LogP contribution in [-0.4, -0.2) is 166 Å². The van der Waals surface area contributed by atoms with Crippen molar-refractivity contribution in [3.05, 3.63) is 12.2 Å². The van der Waals surface area contributed by atoms with Crippen molar-refractivity contribution >= 4 is 12.0 Å². The van der Waals surface area contributed by atoms with E-state index < -0.39 is 90.5 Å².